The van der Waals surface area contributed by atoms with Crippen LogP contribution in [0.2, 0.25) is 0 Å². The minimum atomic E-state index is 0.876. The Balaban J connectivity index is 1.50. The molecule has 0 aliphatic rings. The van der Waals surface area contributed by atoms with Crippen LogP contribution in [-0.2, 0) is 12.8 Å². The molecule has 0 amide bonds. The number of hydrogen-bond acceptors (Lipinski definition) is 2. The summed E-state index contributed by atoms with van der Waals surface area (Å²) in [6.07, 6.45) is 12.6. The van der Waals surface area contributed by atoms with Gasteiger partial charge in [-0.15, -0.1) is 0 Å². The summed E-state index contributed by atoms with van der Waals surface area (Å²) in [6, 6.07) is 17.8. The topological polar surface area (TPSA) is 26.3 Å². The third-order valence-corrected chi connectivity index (χ3v) is 6.84. The van der Waals surface area contributed by atoms with Gasteiger partial charge in [0.2, 0.25) is 0 Å². The van der Waals surface area contributed by atoms with E-state index < -0.39 is 0 Å². The van der Waals surface area contributed by atoms with Crippen LogP contribution in [0.4, 0.5) is 0 Å². The molecule has 166 valence electrons. The van der Waals surface area contributed by atoms with Gasteiger partial charge in [-0.3, -0.25) is 0 Å². The normalized spacial score (nSPS) is 12.1. The number of fused-ring (bicyclic) bond motifs is 7. The summed E-state index contributed by atoms with van der Waals surface area (Å²) >= 11 is 0. The molecular weight excluding hydrogens is 392 g/mol. The van der Waals surface area contributed by atoms with Crippen LogP contribution in [0.3, 0.4) is 0 Å². The lowest BCUT2D eigenvalue weighted by atomic mass is 10.0. The predicted octanol–water partition coefficient (Wildman–Crippen LogP) is 9.73. The van der Waals surface area contributed by atoms with Crippen LogP contribution in [0.15, 0.2) is 57.4 Å². The summed E-state index contributed by atoms with van der Waals surface area (Å²) < 4.78 is 12.6. The number of furan rings is 2. The highest BCUT2D eigenvalue weighted by Crippen LogP contribution is 2.39. The second kappa shape index (κ2) is 9.40. The largest absolute Gasteiger partial charge is 0.452 e. The third kappa shape index (κ3) is 4.03. The van der Waals surface area contributed by atoms with Gasteiger partial charge >= 0.3 is 0 Å². The van der Waals surface area contributed by atoms with Crippen LogP contribution in [0, 0.1) is 0 Å². The average molecular weight is 427 g/mol. The lowest BCUT2D eigenvalue weighted by Crippen LogP contribution is -1.85. The predicted molar refractivity (Wildman–Crippen MR) is 137 cm³/mol. The highest BCUT2D eigenvalue weighted by molar-refractivity contribution is 6.18. The van der Waals surface area contributed by atoms with Crippen LogP contribution in [0.25, 0.3) is 43.9 Å². The van der Waals surface area contributed by atoms with Gasteiger partial charge in [0.1, 0.15) is 11.2 Å². The number of rotatable bonds is 10. The Bertz CT molecular complexity index is 1250. The first-order valence-electron chi connectivity index (χ1n) is 12.6. The molecule has 2 heterocycles. The number of benzene rings is 3. The van der Waals surface area contributed by atoms with Gasteiger partial charge in [-0.05, 0) is 73.2 Å². The number of hydrogen-bond donors (Lipinski definition) is 0. The van der Waals surface area contributed by atoms with Gasteiger partial charge in [0, 0.05) is 21.5 Å². The molecule has 0 radical (unpaired) electrons. The maximum atomic E-state index is 6.32. The third-order valence-electron chi connectivity index (χ3n) is 6.84. The molecule has 0 aliphatic heterocycles. The summed E-state index contributed by atoms with van der Waals surface area (Å²) in [6.45, 7) is 4.52. The molecule has 0 saturated carbocycles. The quantitative estimate of drug-likeness (QED) is 0.208. The first-order chi connectivity index (χ1) is 15.8. The molecule has 0 fully saturated rings. The van der Waals surface area contributed by atoms with Crippen molar-refractivity contribution in [1.82, 2.24) is 0 Å². The lowest BCUT2D eigenvalue weighted by Gasteiger charge is -2.01. The van der Waals surface area contributed by atoms with Crippen molar-refractivity contribution in [1.29, 1.82) is 0 Å². The van der Waals surface area contributed by atoms with Crippen molar-refractivity contribution < 1.29 is 8.83 Å². The van der Waals surface area contributed by atoms with Crippen molar-refractivity contribution in [3.63, 3.8) is 0 Å². The Morgan fingerprint density at radius 2 is 0.969 bits per heavy atom. The van der Waals surface area contributed by atoms with Crippen LogP contribution >= 0.6 is 0 Å². The molecule has 0 saturated heterocycles. The van der Waals surface area contributed by atoms with E-state index in [0.717, 1.165) is 45.9 Å². The number of aryl methyl sites for hydroxylation is 2. The van der Waals surface area contributed by atoms with Crippen molar-refractivity contribution in [3.05, 3.63) is 59.7 Å². The fourth-order valence-electron chi connectivity index (χ4n) is 4.99. The highest BCUT2D eigenvalue weighted by atomic mass is 16.4. The van der Waals surface area contributed by atoms with Crippen molar-refractivity contribution in [2.45, 2.75) is 78.1 Å². The Kier molecular flexibility index (Phi) is 6.21. The van der Waals surface area contributed by atoms with E-state index in [1.807, 2.05) is 0 Å². The molecule has 2 aromatic heterocycles. The molecule has 0 N–H and O–H groups in total. The van der Waals surface area contributed by atoms with E-state index in [4.69, 9.17) is 8.83 Å². The Morgan fingerprint density at radius 3 is 1.41 bits per heavy atom. The Hall–Kier alpha value is -2.74. The Morgan fingerprint density at radius 1 is 0.500 bits per heavy atom. The molecule has 2 heteroatoms. The van der Waals surface area contributed by atoms with Gasteiger partial charge in [-0.1, -0.05) is 64.5 Å². The van der Waals surface area contributed by atoms with Gasteiger partial charge in [-0.25, -0.2) is 0 Å². The lowest BCUT2D eigenvalue weighted by molar-refractivity contribution is 0.633. The second-order valence-electron chi connectivity index (χ2n) is 9.31. The zero-order chi connectivity index (χ0) is 21.9. The highest BCUT2D eigenvalue weighted by Gasteiger charge is 2.16. The number of unbranched alkanes of at least 4 members (excludes halogenated alkanes) is 6. The molecule has 0 aliphatic carbocycles. The smallest absolute Gasteiger partial charge is 0.178 e. The van der Waals surface area contributed by atoms with E-state index in [9.17, 15) is 0 Å². The SMILES string of the molecule is CCCCCCc1ccc2oc3c(ccc4c5cc(CCCCCC)ccc5oc43)c2c1. The second-order valence-corrected chi connectivity index (χ2v) is 9.31. The zero-order valence-electron chi connectivity index (χ0n) is 19.5. The minimum Gasteiger partial charge on any atom is -0.452 e. The maximum absolute atomic E-state index is 6.32. The fraction of sp³-hybridized carbons (Fsp3) is 0.400. The van der Waals surface area contributed by atoms with E-state index in [2.05, 4.69) is 62.4 Å². The molecule has 2 nitrogen and oxygen atoms in total. The van der Waals surface area contributed by atoms with Crippen molar-refractivity contribution >= 4 is 43.9 Å². The monoisotopic (exact) mass is 426 g/mol. The van der Waals surface area contributed by atoms with Crippen LogP contribution in [0.5, 0.6) is 0 Å². The molecule has 5 rings (SSSR count). The van der Waals surface area contributed by atoms with E-state index in [1.165, 1.54) is 73.3 Å². The van der Waals surface area contributed by atoms with Crippen LogP contribution in [0.1, 0.15) is 76.3 Å². The molecular formula is C30H34O2. The average Bonchev–Trinajstić information content (AvgIpc) is 3.37. The van der Waals surface area contributed by atoms with Crippen molar-refractivity contribution in [2.24, 2.45) is 0 Å². The summed E-state index contributed by atoms with van der Waals surface area (Å²) in [7, 11) is 0. The standard InChI is InChI=1S/C30H34O2/c1-3-5-7-9-11-21-13-17-27-25(19-21)23-15-16-24-26-20-22(12-10-8-6-4-2)14-18-28(26)32-30(24)29(23)31-27/h13-20H,3-12H2,1-2H3. The van der Waals surface area contributed by atoms with Crippen molar-refractivity contribution in [3.8, 4) is 0 Å². The molecule has 5 aromatic rings. The molecule has 0 unspecified atom stereocenters. The van der Waals surface area contributed by atoms with Gasteiger partial charge in [-0.2, -0.15) is 0 Å². The first kappa shape index (κ1) is 21.1. The zero-order valence-corrected chi connectivity index (χ0v) is 19.5. The van der Waals surface area contributed by atoms with E-state index in [-0.39, 0.29) is 0 Å². The van der Waals surface area contributed by atoms with E-state index >= 15 is 0 Å². The Labute approximate surface area is 190 Å². The maximum Gasteiger partial charge on any atom is 0.178 e. The molecule has 3 aromatic carbocycles. The van der Waals surface area contributed by atoms with Crippen LogP contribution < -0.4 is 0 Å². The van der Waals surface area contributed by atoms with Gasteiger partial charge < -0.3 is 8.83 Å². The molecule has 0 spiro atoms. The van der Waals surface area contributed by atoms with E-state index in [1.54, 1.807) is 0 Å². The fourth-order valence-corrected chi connectivity index (χ4v) is 4.99. The molecule has 0 atom stereocenters. The summed E-state index contributed by atoms with van der Waals surface area (Å²) in [5.41, 5.74) is 6.44. The van der Waals surface area contributed by atoms with Gasteiger partial charge in [0.25, 0.3) is 0 Å². The van der Waals surface area contributed by atoms with E-state index in [0.29, 0.717) is 0 Å². The molecule has 32 heavy (non-hydrogen) atoms. The first-order valence-corrected chi connectivity index (χ1v) is 12.6. The summed E-state index contributed by atoms with van der Waals surface area (Å²) in [4.78, 5) is 0. The van der Waals surface area contributed by atoms with Gasteiger partial charge in [0.15, 0.2) is 11.2 Å². The minimum absolute atomic E-state index is 0.876. The van der Waals surface area contributed by atoms with Crippen molar-refractivity contribution in [2.75, 3.05) is 0 Å². The van der Waals surface area contributed by atoms with Gasteiger partial charge in [0.05, 0.1) is 0 Å². The molecule has 0 bridgehead atoms. The summed E-state index contributed by atoms with van der Waals surface area (Å²) in [5, 5.41) is 4.71. The van der Waals surface area contributed by atoms with Crippen LogP contribution in [-0.4, -0.2) is 0 Å². The summed E-state index contributed by atoms with van der Waals surface area (Å²) in [5.74, 6) is 0.